The van der Waals surface area contributed by atoms with E-state index in [1.54, 1.807) is 12.1 Å². The normalized spacial score (nSPS) is 10.4. The Balaban J connectivity index is 1.90. The Hall–Kier alpha value is -2.47. The molecule has 2 aromatic rings. The lowest BCUT2D eigenvalue weighted by atomic mass is 10.2. The number of nitrogens with one attached hydrogen (secondary N) is 1. The molecule has 0 fully saturated rings. The molecule has 104 valence electrons. The van der Waals surface area contributed by atoms with Crippen LogP contribution >= 0.6 is 0 Å². The van der Waals surface area contributed by atoms with Gasteiger partial charge in [0.2, 0.25) is 0 Å². The van der Waals surface area contributed by atoms with Crippen LogP contribution in [0.25, 0.3) is 0 Å². The molecular formula is C14H13FN2O3. The van der Waals surface area contributed by atoms with Gasteiger partial charge in [-0.15, -0.1) is 0 Å². The molecule has 0 unspecified atom stereocenters. The van der Waals surface area contributed by atoms with E-state index in [9.17, 15) is 19.6 Å². The van der Waals surface area contributed by atoms with Crippen LogP contribution in [-0.4, -0.2) is 10.0 Å². The van der Waals surface area contributed by atoms with Crippen molar-refractivity contribution in [2.75, 3.05) is 0 Å². The Labute approximate surface area is 114 Å². The lowest BCUT2D eigenvalue weighted by Crippen LogP contribution is -2.12. The number of phenols is 1. The number of aromatic hydroxyl groups is 1. The molecule has 0 aliphatic heterocycles. The van der Waals surface area contributed by atoms with Gasteiger partial charge in [-0.1, -0.05) is 12.1 Å². The van der Waals surface area contributed by atoms with Crippen molar-refractivity contribution in [2.45, 2.75) is 13.1 Å². The van der Waals surface area contributed by atoms with E-state index in [1.165, 1.54) is 24.3 Å². The Bertz CT molecular complexity index is 594. The Morgan fingerprint density at radius 1 is 1.10 bits per heavy atom. The first-order valence-corrected chi connectivity index (χ1v) is 5.97. The predicted octanol–water partition coefficient (Wildman–Crippen LogP) is 2.73. The van der Waals surface area contributed by atoms with Crippen LogP contribution in [0.15, 0.2) is 42.5 Å². The van der Waals surface area contributed by atoms with Crippen LogP contribution in [0.2, 0.25) is 0 Å². The molecule has 0 aromatic heterocycles. The zero-order valence-corrected chi connectivity index (χ0v) is 10.5. The first-order valence-electron chi connectivity index (χ1n) is 5.97. The van der Waals surface area contributed by atoms with Crippen molar-refractivity contribution in [3.63, 3.8) is 0 Å². The van der Waals surface area contributed by atoms with Crippen molar-refractivity contribution < 1.29 is 14.4 Å². The average Bonchev–Trinajstić information content (AvgIpc) is 2.38. The maximum atomic E-state index is 13.0. The third-order valence-corrected chi connectivity index (χ3v) is 2.75. The monoisotopic (exact) mass is 276 g/mol. The number of halogens is 1. The molecule has 0 atom stereocenters. The lowest BCUT2D eigenvalue weighted by Gasteiger charge is -2.06. The van der Waals surface area contributed by atoms with E-state index in [4.69, 9.17) is 0 Å². The van der Waals surface area contributed by atoms with Crippen LogP contribution in [0.1, 0.15) is 11.1 Å². The number of nitro benzene ring substituents is 1. The molecule has 6 heteroatoms. The molecule has 0 spiro atoms. The van der Waals surface area contributed by atoms with Crippen LogP contribution in [0.5, 0.6) is 5.75 Å². The second kappa shape index (κ2) is 6.12. The number of phenolic OH excluding ortho intramolecular Hbond substituents is 1. The van der Waals surface area contributed by atoms with Gasteiger partial charge in [-0.05, 0) is 23.3 Å². The van der Waals surface area contributed by atoms with Crippen molar-refractivity contribution >= 4 is 5.69 Å². The zero-order valence-electron chi connectivity index (χ0n) is 10.5. The lowest BCUT2D eigenvalue weighted by molar-refractivity contribution is -0.384. The second-order valence-electron chi connectivity index (χ2n) is 4.34. The van der Waals surface area contributed by atoms with Crippen LogP contribution in [0.4, 0.5) is 10.1 Å². The number of hydrogen-bond acceptors (Lipinski definition) is 4. The van der Waals surface area contributed by atoms with Gasteiger partial charge in [-0.2, -0.15) is 0 Å². The Kier molecular flexibility index (Phi) is 4.27. The molecular weight excluding hydrogens is 263 g/mol. The first kappa shape index (κ1) is 14.0. The number of benzene rings is 2. The molecule has 0 aliphatic rings. The summed E-state index contributed by atoms with van der Waals surface area (Å²) in [6.45, 7) is 0.886. The molecule has 0 aliphatic carbocycles. The van der Waals surface area contributed by atoms with Gasteiger partial charge in [0, 0.05) is 31.3 Å². The fourth-order valence-corrected chi connectivity index (χ4v) is 1.82. The van der Waals surface area contributed by atoms with Gasteiger partial charge in [-0.25, -0.2) is 4.39 Å². The third-order valence-electron chi connectivity index (χ3n) is 2.75. The van der Waals surface area contributed by atoms with Crippen LogP contribution in [0, 0.1) is 15.9 Å². The fraction of sp³-hybridized carbons (Fsp3) is 0.143. The zero-order chi connectivity index (χ0) is 14.5. The molecule has 2 aromatic carbocycles. The van der Waals surface area contributed by atoms with Gasteiger partial charge in [0.05, 0.1) is 4.92 Å². The molecule has 0 saturated heterocycles. The summed E-state index contributed by atoms with van der Waals surface area (Å²) in [5.41, 5.74) is 1.56. The van der Waals surface area contributed by atoms with Crippen LogP contribution in [0.3, 0.4) is 0 Å². The Morgan fingerprint density at radius 2 is 1.75 bits per heavy atom. The maximum Gasteiger partial charge on any atom is 0.269 e. The van der Waals surface area contributed by atoms with Crippen molar-refractivity contribution in [3.05, 3.63) is 69.5 Å². The quantitative estimate of drug-likeness (QED) is 0.650. The number of rotatable bonds is 5. The summed E-state index contributed by atoms with van der Waals surface area (Å²) in [6, 6.07) is 10.0. The fourth-order valence-electron chi connectivity index (χ4n) is 1.82. The summed E-state index contributed by atoms with van der Waals surface area (Å²) in [7, 11) is 0. The largest absolute Gasteiger partial charge is 0.508 e. The van der Waals surface area contributed by atoms with E-state index < -0.39 is 10.7 Å². The minimum Gasteiger partial charge on any atom is -0.508 e. The minimum atomic E-state index is -0.489. The van der Waals surface area contributed by atoms with Crippen molar-refractivity contribution in [2.24, 2.45) is 0 Å². The summed E-state index contributed by atoms with van der Waals surface area (Å²) in [5.74, 6) is -0.603. The van der Waals surface area contributed by atoms with Crippen molar-refractivity contribution in [1.29, 1.82) is 0 Å². The van der Waals surface area contributed by atoms with E-state index in [2.05, 4.69) is 5.32 Å². The van der Waals surface area contributed by atoms with Crippen LogP contribution < -0.4 is 5.32 Å². The molecule has 2 N–H and O–H groups in total. The summed E-state index contributed by atoms with van der Waals surface area (Å²) in [4.78, 5) is 10.1. The summed E-state index contributed by atoms with van der Waals surface area (Å²) in [6.07, 6.45) is 0. The van der Waals surface area contributed by atoms with Crippen molar-refractivity contribution in [3.8, 4) is 5.75 Å². The second-order valence-corrected chi connectivity index (χ2v) is 4.34. The highest BCUT2D eigenvalue weighted by Gasteiger charge is 2.04. The van der Waals surface area contributed by atoms with E-state index in [0.717, 1.165) is 11.6 Å². The predicted molar refractivity (Wildman–Crippen MR) is 71.7 cm³/mol. The van der Waals surface area contributed by atoms with Gasteiger partial charge in [0.25, 0.3) is 5.69 Å². The highest BCUT2D eigenvalue weighted by atomic mass is 19.1. The molecule has 0 bridgehead atoms. The summed E-state index contributed by atoms with van der Waals surface area (Å²) in [5, 5.41) is 22.8. The van der Waals surface area contributed by atoms with Crippen molar-refractivity contribution in [1.82, 2.24) is 5.32 Å². The van der Waals surface area contributed by atoms with Gasteiger partial charge in [-0.3, -0.25) is 10.1 Å². The van der Waals surface area contributed by atoms with Gasteiger partial charge < -0.3 is 10.4 Å². The standard InChI is InChI=1S/C14H13FN2O3/c15-12-5-11(6-14(18)7-12)9-16-8-10-1-3-13(4-2-10)17(19)20/h1-7,16,18H,8-9H2. The van der Waals surface area contributed by atoms with Gasteiger partial charge in [0.15, 0.2) is 0 Å². The molecule has 0 heterocycles. The van der Waals surface area contributed by atoms with Gasteiger partial charge >= 0.3 is 0 Å². The third kappa shape index (κ3) is 3.76. The number of nitrogens with zero attached hydrogens (tertiary/aromatic N) is 1. The molecule has 0 saturated carbocycles. The number of hydrogen-bond donors (Lipinski definition) is 2. The molecule has 2 rings (SSSR count). The Morgan fingerprint density at radius 3 is 2.35 bits per heavy atom. The van der Waals surface area contributed by atoms with Gasteiger partial charge in [0.1, 0.15) is 11.6 Å². The average molecular weight is 276 g/mol. The van der Waals surface area contributed by atoms with E-state index in [-0.39, 0.29) is 11.4 Å². The highest BCUT2D eigenvalue weighted by Crippen LogP contribution is 2.15. The summed E-state index contributed by atoms with van der Waals surface area (Å²) >= 11 is 0. The minimum absolute atomic E-state index is 0.0452. The molecule has 5 nitrogen and oxygen atoms in total. The molecule has 0 amide bonds. The first-order chi connectivity index (χ1) is 9.54. The van der Waals surface area contributed by atoms with E-state index >= 15 is 0 Å². The van der Waals surface area contributed by atoms with E-state index in [0.29, 0.717) is 18.7 Å². The summed E-state index contributed by atoms with van der Waals surface area (Å²) < 4.78 is 13.0. The number of non-ortho nitro benzene ring substituents is 1. The highest BCUT2D eigenvalue weighted by molar-refractivity contribution is 5.33. The smallest absolute Gasteiger partial charge is 0.269 e. The molecule has 0 radical (unpaired) electrons. The maximum absolute atomic E-state index is 13.0. The molecule has 20 heavy (non-hydrogen) atoms. The number of nitro groups is 1. The SMILES string of the molecule is O=[N+]([O-])c1ccc(CNCc2cc(O)cc(F)c2)cc1. The topological polar surface area (TPSA) is 75.4 Å². The van der Waals surface area contributed by atoms with E-state index in [1.807, 2.05) is 0 Å². The van der Waals surface area contributed by atoms with Crippen LogP contribution in [-0.2, 0) is 13.1 Å².